The lowest BCUT2D eigenvalue weighted by molar-refractivity contribution is -0.155. The molecule has 0 radical (unpaired) electrons. The van der Waals surface area contributed by atoms with Gasteiger partial charge in [0.1, 0.15) is 29.4 Å². The maximum Gasteiger partial charge on any atom is 0.309 e. The number of nitrogens with zero attached hydrogens (tertiary/aromatic N) is 4. The number of hydrogen-bond acceptors (Lipinski definition) is 9. The minimum atomic E-state index is -3.77. The van der Waals surface area contributed by atoms with Gasteiger partial charge in [-0.05, 0) is 37.0 Å². The van der Waals surface area contributed by atoms with Gasteiger partial charge in [-0.1, -0.05) is 51.2 Å². The fraction of sp³-hybridized carbons (Fsp3) is 0.594. The Kier molecular flexibility index (Phi) is 12.5. The van der Waals surface area contributed by atoms with Crippen LogP contribution >= 0.6 is 11.3 Å². The molecule has 0 N–H and O–H groups in total. The Morgan fingerprint density at radius 3 is 2.50 bits per heavy atom. The third-order valence-electron chi connectivity index (χ3n) is 8.50. The van der Waals surface area contributed by atoms with E-state index in [0.29, 0.717) is 54.4 Å². The molecule has 0 bridgehead atoms. The van der Waals surface area contributed by atoms with Crippen molar-refractivity contribution in [3.05, 3.63) is 62.9 Å². The highest BCUT2D eigenvalue weighted by Crippen LogP contribution is 2.36. The van der Waals surface area contributed by atoms with Gasteiger partial charge in [-0.15, -0.1) is 11.3 Å². The average Bonchev–Trinajstić information content (AvgIpc) is 3.66. The van der Waals surface area contributed by atoms with Gasteiger partial charge in [-0.3, -0.25) is 9.48 Å². The molecule has 5 rings (SSSR count). The zero-order valence-electron chi connectivity index (χ0n) is 26.7. The Bertz CT molecular complexity index is 1630. The van der Waals surface area contributed by atoms with Gasteiger partial charge in [0, 0.05) is 30.0 Å². The molecule has 10 nitrogen and oxygen atoms in total. The van der Waals surface area contributed by atoms with E-state index in [1.54, 1.807) is 12.1 Å². The Hall–Kier alpha value is -3.08. The summed E-state index contributed by atoms with van der Waals surface area (Å²) in [5.74, 6) is -0.254. The predicted molar refractivity (Wildman–Crippen MR) is 169 cm³/mol. The van der Waals surface area contributed by atoms with Crippen LogP contribution in [0, 0.1) is 0 Å². The molecule has 1 fully saturated rings. The number of ether oxygens (including phenoxy) is 2. The minimum Gasteiger partial charge on any atom is -0.382 e. The first kappa shape index (κ1) is 36.2. The number of carbonyl (C=O) groups is 1. The van der Waals surface area contributed by atoms with E-state index in [2.05, 4.69) is 12.0 Å². The predicted octanol–water partition coefficient (Wildman–Crippen LogP) is 7.44. The molecule has 4 heterocycles. The largest absolute Gasteiger partial charge is 0.382 e. The monoisotopic (exact) mass is 716 g/mol. The smallest absolute Gasteiger partial charge is 0.309 e. The van der Waals surface area contributed by atoms with Crippen molar-refractivity contribution < 1.29 is 44.4 Å². The highest BCUT2D eigenvalue weighted by molar-refractivity contribution is 7.87. The Morgan fingerprint density at radius 1 is 1.04 bits per heavy atom. The number of likely N-dealkylation sites (tertiary alicyclic amines) is 1. The molecule has 1 unspecified atom stereocenters. The normalized spacial score (nSPS) is 17.6. The summed E-state index contributed by atoms with van der Waals surface area (Å²) in [6.45, 7) is 2.52. The van der Waals surface area contributed by atoms with Crippen molar-refractivity contribution in [2.45, 2.75) is 103 Å². The third kappa shape index (κ3) is 9.33. The number of benzene rings is 1. The van der Waals surface area contributed by atoms with Crippen LogP contribution in [0.25, 0.3) is 0 Å². The first-order valence-electron chi connectivity index (χ1n) is 16.2. The molecule has 2 aromatic heterocycles. The SMILES string of the molecule is CCCCCCCCS(=O)(=O)Oc1cccc2c1COC(c1csc(C3CCN(C(=O)Cn4nc(C(F)F)cc4C(F)F)CC3)n1)OC2. The van der Waals surface area contributed by atoms with E-state index in [1.807, 2.05) is 11.4 Å². The van der Waals surface area contributed by atoms with Crippen molar-refractivity contribution in [1.29, 1.82) is 0 Å². The fourth-order valence-electron chi connectivity index (χ4n) is 5.83. The molecule has 0 spiro atoms. The number of amides is 1. The van der Waals surface area contributed by atoms with E-state index in [0.717, 1.165) is 42.7 Å². The van der Waals surface area contributed by atoms with Crippen LogP contribution in [0.1, 0.15) is 117 Å². The number of carbonyl (C=O) groups excluding carboxylic acids is 1. The second-order valence-corrected chi connectivity index (χ2v) is 14.6. The second-order valence-electron chi connectivity index (χ2n) is 12.0. The van der Waals surface area contributed by atoms with Gasteiger partial charge in [-0.2, -0.15) is 13.5 Å². The molecular formula is C32H40F4N4O6S2. The maximum atomic E-state index is 13.3. The molecule has 264 valence electrons. The van der Waals surface area contributed by atoms with E-state index in [-0.39, 0.29) is 30.6 Å². The van der Waals surface area contributed by atoms with E-state index in [1.165, 1.54) is 16.2 Å². The lowest BCUT2D eigenvalue weighted by atomic mass is 9.97. The van der Waals surface area contributed by atoms with Crippen molar-refractivity contribution >= 4 is 27.4 Å². The molecule has 1 saturated heterocycles. The van der Waals surface area contributed by atoms with Crippen LogP contribution in [0.4, 0.5) is 17.6 Å². The Balaban J connectivity index is 1.13. The second kappa shape index (κ2) is 16.5. The van der Waals surface area contributed by atoms with Gasteiger partial charge in [0.25, 0.3) is 12.9 Å². The van der Waals surface area contributed by atoms with Gasteiger partial charge in [0.05, 0.1) is 24.0 Å². The first-order valence-corrected chi connectivity index (χ1v) is 18.6. The number of halogens is 4. The van der Waals surface area contributed by atoms with Crippen LogP contribution in [0.2, 0.25) is 0 Å². The zero-order chi connectivity index (χ0) is 34.3. The summed E-state index contributed by atoms with van der Waals surface area (Å²) >= 11 is 1.44. The maximum absolute atomic E-state index is 13.3. The van der Waals surface area contributed by atoms with Gasteiger partial charge < -0.3 is 18.6 Å². The molecule has 16 heteroatoms. The van der Waals surface area contributed by atoms with E-state index < -0.39 is 53.1 Å². The van der Waals surface area contributed by atoms with E-state index in [9.17, 15) is 30.8 Å². The van der Waals surface area contributed by atoms with Crippen LogP contribution < -0.4 is 4.18 Å². The van der Waals surface area contributed by atoms with Crippen LogP contribution in [0.3, 0.4) is 0 Å². The quantitative estimate of drug-likeness (QED) is 0.0907. The van der Waals surface area contributed by atoms with Gasteiger partial charge in [0.15, 0.2) is 0 Å². The van der Waals surface area contributed by atoms with Crippen LogP contribution in [0.15, 0.2) is 29.6 Å². The summed E-state index contributed by atoms with van der Waals surface area (Å²) in [5.41, 5.74) is 0.445. The van der Waals surface area contributed by atoms with Gasteiger partial charge in [0.2, 0.25) is 12.2 Å². The topological polar surface area (TPSA) is 113 Å². The highest BCUT2D eigenvalue weighted by Gasteiger charge is 2.30. The number of alkyl halides is 4. The number of thiazole rings is 1. The number of fused-ring (bicyclic) bond motifs is 1. The minimum absolute atomic E-state index is 0.0411. The number of piperidine rings is 1. The fourth-order valence-corrected chi connectivity index (χ4v) is 7.89. The van der Waals surface area contributed by atoms with Crippen LogP contribution in [-0.2, 0) is 44.1 Å². The van der Waals surface area contributed by atoms with Gasteiger partial charge in [-0.25, -0.2) is 22.5 Å². The molecule has 0 aliphatic carbocycles. The number of aromatic nitrogens is 3. The molecule has 1 aromatic carbocycles. The number of hydrogen-bond donors (Lipinski definition) is 0. The molecule has 0 saturated carbocycles. The summed E-state index contributed by atoms with van der Waals surface area (Å²) in [4.78, 5) is 19.1. The molecule has 1 atom stereocenters. The molecule has 2 aliphatic rings. The van der Waals surface area contributed by atoms with E-state index >= 15 is 0 Å². The Labute approximate surface area is 281 Å². The standard InChI is InChI=1S/C32H40F4N4O6S2/c1-2-3-4-5-6-7-15-48(42,43)46-27-10-8-9-22-18-44-32(45-19-23(22)27)25-20-47-31(37-25)21-11-13-39(14-12-21)28(41)17-40-26(30(35)36)16-24(38-40)29(33)34/h8-10,16,20-21,29-30,32H,2-7,11-15,17-19H2,1H3. The van der Waals surface area contributed by atoms with E-state index in [4.69, 9.17) is 18.6 Å². The van der Waals surface area contributed by atoms with Crippen molar-refractivity contribution in [2.24, 2.45) is 0 Å². The Morgan fingerprint density at radius 2 is 1.77 bits per heavy atom. The summed E-state index contributed by atoms with van der Waals surface area (Å²) < 4.78 is 96.3. The molecule has 2 aliphatic heterocycles. The number of unbranched alkanes of at least 4 members (excludes halogenated alkanes) is 5. The van der Waals surface area contributed by atoms with Crippen molar-refractivity contribution in [2.75, 3.05) is 18.8 Å². The summed E-state index contributed by atoms with van der Waals surface area (Å²) in [6, 6.07) is 5.81. The van der Waals surface area contributed by atoms with Crippen molar-refractivity contribution in [1.82, 2.24) is 19.7 Å². The zero-order valence-corrected chi connectivity index (χ0v) is 28.3. The molecular weight excluding hydrogens is 677 g/mol. The van der Waals surface area contributed by atoms with Crippen LogP contribution in [0.5, 0.6) is 5.75 Å². The average molecular weight is 717 g/mol. The first-order chi connectivity index (χ1) is 23.0. The number of rotatable bonds is 15. The van der Waals surface area contributed by atoms with Crippen molar-refractivity contribution in [3.8, 4) is 5.75 Å². The summed E-state index contributed by atoms with van der Waals surface area (Å²) in [5, 5.41) is 6.19. The van der Waals surface area contributed by atoms with Crippen molar-refractivity contribution in [3.63, 3.8) is 0 Å². The molecule has 1 amide bonds. The highest BCUT2D eigenvalue weighted by atomic mass is 32.2. The molecule has 3 aromatic rings. The molecule has 48 heavy (non-hydrogen) atoms. The lowest BCUT2D eigenvalue weighted by Crippen LogP contribution is -2.40. The van der Waals surface area contributed by atoms with Crippen LogP contribution in [-0.4, -0.2) is 52.8 Å². The summed E-state index contributed by atoms with van der Waals surface area (Å²) in [7, 11) is -3.77. The van der Waals surface area contributed by atoms with Gasteiger partial charge >= 0.3 is 10.1 Å². The lowest BCUT2D eigenvalue weighted by Gasteiger charge is -2.31. The summed E-state index contributed by atoms with van der Waals surface area (Å²) in [6.07, 6.45) is 0.0662. The third-order valence-corrected chi connectivity index (χ3v) is 10.8.